The van der Waals surface area contributed by atoms with E-state index in [9.17, 15) is 73.3 Å². The number of hydrogen-bond acceptors (Lipinski definition) is 4. The molecule has 0 aliphatic heterocycles. The summed E-state index contributed by atoms with van der Waals surface area (Å²) in [6.07, 6.45) is -21.0. The van der Waals surface area contributed by atoms with Crippen molar-refractivity contribution in [2.75, 3.05) is 0 Å². The maximum absolute atomic E-state index is 15.4. The number of fused-ring (bicyclic) bond motifs is 2. The second kappa shape index (κ2) is 11.9. The molecule has 0 atom stereocenters. The first-order valence-electron chi connectivity index (χ1n) is 14.4. The first-order valence-corrected chi connectivity index (χ1v) is 14.4. The van der Waals surface area contributed by atoms with Crippen LogP contribution in [-0.4, -0.2) is 70.0 Å². The first kappa shape index (κ1) is 39.5. The van der Waals surface area contributed by atoms with Gasteiger partial charge in [-0.2, -0.15) is 61.5 Å². The molecular formula is C32H16F14N2O6. The van der Waals surface area contributed by atoms with Crippen LogP contribution in [0.2, 0.25) is 0 Å². The van der Waals surface area contributed by atoms with E-state index < -0.39 is 133 Å². The van der Waals surface area contributed by atoms with Gasteiger partial charge in [-0.25, -0.2) is 9.59 Å². The van der Waals surface area contributed by atoms with Crippen LogP contribution in [0.5, 0.6) is 0 Å². The highest BCUT2D eigenvalue weighted by molar-refractivity contribution is 6.41. The summed E-state index contributed by atoms with van der Waals surface area (Å²) in [6, 6.07) is 6.44. The Labute approximate surface area is 288 Å². The van der Waals surface area contributed by atoms with Gasteiger partial charge in [-0.15, -0.1) is 0 Å². The number of primary amides is 2. The number of amides is 2. The molecule has 2 amide bonds. The van der Waals surface area contributed by atoms with Crippen LogP contribution in [0, 0.1) is 0 Å². The molecule has 22 heteroatoms. The van der Waals surface area contributed by atoms with E-state index in [1.807, 2.05) is 0 Å². The van der Waals surface area contributed by atoms with Gasteiger partial charge >= 0.3 is 48.0 Å². The third kappa shape index (κ3) is 5.43. The average Bonchev–Trinajstić information content (AvgIpc) is 3.01. The molecule has 0 heterocycles. The molecule has 0 bridgehead atoms. The molecule has 8 nitrogen and oxygen atoms in total. The number of carboxylic acid groups (broad SMARTS) is 2. The summed E-state index contributed by atoms with van der Waals surface area (Å²) in [7, 11) is 0. The molecule has 0 aromatic heterocycles. The van der Waals surface area contributed by atoms with Gasteiger partial charge in [-0.1, -0.05) is 36.4 Å². The Balaban J connectivity index is 2.29. The third-order valence-electron chi connectivity index (χ3n) is 8.76. The van der Waals surface area contributed by atoms with Gasteiger partial charge in [-0.3, -0.25) is 9.59 Å². The molecule has 0 saturated heterocycles. The summed E-state index contributed by atoms with van der Waals surface area (Å²) < 4.78 is 199. The Morgan fingerprint density at radius 1 is 0.481 bits per heavy atom. The fraction of sp³-hybridized carbons (Fsp3) is 0.250. The van der Waals surface area contributed by atoms with Crippen molar-refractivity contribution in [1.82, 2.24) is 0 Å². The zero-order valence-corrected chi connectivity index (χ0v) is 25.9. The van der Waals surface area contributed by atoms with E-state index in [-0.39, 0.29) is 16.2 Å². The summed E-state index contributed by atoms with van der Waals surface area (Å²) in [5.41, 5.74) is -0.551. The lowest BCUT2D eigenvalue weighted by Gasteiger charge is -2.33. The fourth-order valence-corrected chi connectivity index (χ4v) is 6.59. The van der Waals surface area contributed by atoms with Gasteiger partial charge in [0.25, 0.3) is 0 Å². The van der Waals surface area contributed by atoms with Crippen molar-refractivity contribution in [1.29, 1.82) is 0 Å². The summed E-state index contributed by atoms with van der Waals surface area (Å²) in [5, 5.41) is 13.8. The van der Waals surface area contributed by atoms with Crippen molar-refractivity contribution in [2.24, 2.45) is 11.5 Å². The Morgan fingerprint density at radius 2 is 0.889 bits per heavy atom. The second-order valence-electron chi connectivity index (χ2n) is 11.9. The van der Waals surface area contributed by atoms with E-state index in [1.54, 1.807) is 0 Å². The van der Waals surface area contributed by atoms with Crippen LogP contribution in [0.3, 0.4) is 0 Å². The molecule has 288 valence electrons. The monoisotopic (exact) mass is 790 g/mol. The fourth-order valence-electron chi connectivity index (χ4n) is 6.59. The molecule has 5 rings (SSSR count). The van der Waals surface area contributed by atoms with Crippen LogP contribution in [0.4, 0.5) is 61.5 Å². The minimum Gasteiger partial charge on any atom is -0.478 e. The Morgan fingerprint density at radius 3 is 1.28 bits per heavy atom. The van der Waals surface area contributed by atoms with Gasteiger partial charge in [0.2, 0.25) is 11.8 Å². The van der Waals surface area contributed by atoms with E-state index in [4.69, 9.17) is 11.5 Å². The number of benzene rings is 5. The Hall–Kier alpha value is -5.70. The van der Waals surface area contributed by atoms with Crippen LogP contribution >= 0.6 is 0 Å². The molecule has 0 unspecified atom stereocenters. The number of carbonyl (C=O) groups is 4. The average molecular weight is 790 g/mol. The molecule has 6 N–H and O–H groups in total. The predicted molar refractivity (Wildman–Crippen MR) is 158 cm³/mol. The van der Waals surface area contributed by atoms with Gasteiger partial charge in [0, 0.05) is 29.0 Å². The quantitative estimate of drug-likeness (QED) is 0.0636. The van der Waals surface area contributed by atoms with Crippen LogP contribution in [0.15, 0.2) is 36.4 Å². The van der Waals surface area contributed by atoms with Gasteiger partial charge in [-0.05, 0) is 38.1 Å². The van der Waals surface area contributed by atoms with E-state index in [0.717, 1.165) is 18.2 Å². The molecule has 0 aliphatic carbocycles. The molecule has 0 saturated carbocycles. The number of alkyl halides is 14. The standard InChI is InChI=1S/C32H16F14N2O6/c33-27(34,29(37,38)31(41,42)43)7-12-13(8-28(35,36)30(39,40)32(44,45)46)17(25(51)52)19-18-15(12)10-5-1-3-9-4-2-6-11(14(9)10)16(18)20(23(47)49)21(24(48)50)22(19)26(53)54/h1-6H,7-8H2,(H2,47,49)(H2,48,50)(H,51,52)(H,53,54). The highest BCUT2D eigenvalue weighted by atomic mass is 19.4. The highest BCUT2D eigenvalue weighted by Gasteiger charge is 2.74. The lowest BCUT2D eigenvalue weighted by molar-refractivity contribution is -0.355. The van der Waals surface area contributed by atoms with Crippen LogP contribution in [0.25, 0.3) is 43.1 Å². The molecule has 5 aromatic carbocycles. The van der Waals surface area contributed by atoms with E-state index in [0.29, 0.717) is 0 Å². The number of aromatic carboxylic acids is 2. The lowest BCUT2D eigenvalue weighted by Crippen LogP contribution is -2.54. The van der Waals surface area contributed by atoms with Crippen LogP contribution in [0.1, 0.15) is 52.6 Å². The zero-order chi connectivity index (χ0) is 41.0. The molecule has 5 aromatic rings. The minimum atomic E-state index is -7.21. The number of rotatable bonds is 10. The largest absolute Gasteiger partial charge is 0.478 e. The van der Waals surface area contributed by atoms with Crippen molar-refractivity contribution < 1.29 is 90.9 Å². The minimum absolute atomic E-state index is 0.0710. The Bertz CT molecular complexity index is 2450. The number of carboxylic acids is 2. The summed E-state index contributed by atoms with van der Waals surface area (Å²) >= 11 is 0. The van der Waals surface area contributed by atoms with Crippen molar-refractivity contribution in [3.05, 3.63) is 69.8 Å². The zero-order valence-electron chi connectivity index (χ0n) is 25.9. The Kier molecular flexibility index (Phi) is 8.71. The summed E-state index contributed by atoms with van der Waals surface area (Å²) in [5.74, 6) is -36.7. The third-order valence-corrected chi connectivity index (χ3v) is 8.76. The highest BCUT2D eigenvalue weighted by Crippen LogP contribution is 2.55. The van der Waals surface area contributed by atoms with Gasteiger partial charge in [0.05, 0.1) is 22.3 Å². The van der Waals surface area contributed by atoms with Crippen LogP contribution in [-0.2, 0) is 12.8 Å². The summed E-state index contributed by atoms with van der Waals surface area (Å²) in [6.45, 7) is 0. The topological polar surface area (TPSA) is 161 Å². The van der Waals surface area contributed by atoms with E-state index in [1.165, 1.54) is 18.2 Å². The second-order valence-corrected chi connectivity index (χ2v) is 11.9. The SMILES string of the molecule is NC(=O)c1c(C(=O)O)c2c(C(=O)O)c(CC(F)(F)C(F)(F)C(F)(F)F)c(CC(F)(F)C(F)(F)C(F)(F)F)c3c4cccc5cccc(c(c1C(N)=O)c23)c54. The first-order chi connectivity index (χ1) is 24.4. The summed E-state index contributed by atoms with van der Waals surface area (Å²) in [4.78, 5) is 51.5. The van der Waals surface area contributed by atoms with Crippen molar-refractivity contribution >= 4 is 66.8 Å². The van der Waals surface area contributed by atoms with E-state index >= 15 is 17.6 Å². The molecule has 0 aliphatic rings. The van der Waals surface area contributed by atoms with Crippen molar-refractivity contribution in [3.8, 4) is 0 Å². The maximum Gasteiger partial charge on any atom is 0.459 e. The normalized spacial score (nSPS) is 13.7. The maximum atomic E-state index is 15.4. The molecular weight excluding hydrogens is 774 g/mol. The van der Waals surface area contributed by atoms with E-state index in [2.05, 4.69) is 0 Å². The number of carbonyl (C=O) groups excluding carboxylic acids is 2. The van der Waals surface area contributed by atoms with Crippen molar-refractivity contribution in [2.45, 2.75) is 48.9 Å². The number of halogens is 14. The lowest BCUT2D eigenvalue weighted by atomic mass is 9.76. The molecule has 0 radical (unpaired) electrons. The molecule has 54 heavy (non-hydrogen) atoms. The van der Waals surface area contributed by atoms with Gasteiger partial charge in [0.1, 0.15) is 0 Å². The van der Waals surface area contributed by atoms with Crippen LogP contribution < -0.4 is 11.5 Å². The predicted octanol–water partition coefficient (Wildman–Crippen LogP) is 8.08. The number of nitrogens with two attached hydrogens (primary N) is 2. The molecule has 0 fully saturated rings. The van der Waals surface area contributed by atoms with Gasteiger partial charge < -0.3 is 21.7 Å². The number of hydrogen-bond donors (Lipinski definition) is 4. The molecule has 0 spiro atoms. The van der Waals surface area contributed by atoms with Crippen molar-refractivity contribution in [3.63, 3.8) is 0 Å². The smallest absolute Gasteiger partial charge is 0.459 e. The van der Waals surface area contributed by atoms with Gasteiger partial charge in [0.15, 0.2) is 0 Å².